The summed E-state index contributed by atoms with van der Waals surface area (Å²) < 4.78 is 0.991. The van der Waals surface area contributed by atoms with Crippen LogP contribution in [-0.2, 0) is 22.6 Å². The number of nitrogens with zero attached hydrogens (tertiary/aromatic N) is 4. The Morgan fingerprint density at radius 3 is 2.39 bits per heavy atom. The van der Waals surface area contributed by atoms with Crippen molar-refractivity contribution in [3.63, 3.8) is 0 Å². The van der Waals surface area contributed by atoms with Crippen LogP contribution in [0.25, 0.3) is 0 Å². The molecule has 2 aliphatic heterocycles. The van der Waals surface area contributed by atoms with Gasteiger partial charge in [0.2, 0.25) is 11.8 Å². The number of halogens is 1. The molecule has 4 amide bonds. The molecule has 0 saturated carbocycles. The summed E-state index contributed by atoms with van der Waals surface area (Å²) in [5.41, 5.74) is 1.93. The molecule has 0 aromatic heterocycles. The molecule has 1 unspecified atom stereocenters. The van der Waals surface area contributed by atoms with E-state index in [0.29, 0.717) is 25.4 Å². The number of nitrogens with one attached hydrogen (secondary N) is 1. The maximum Gasteiger partial charge on any atom is 0.334 e. The van der Waals surface area contributed by atoms with Crippen LogP contribution in [-0.4, -0.2) is 80.5 Å². The summed E-state index contributed by atoms with van der Waals surface area (Å²) in [6, 6.07) is 18.3. The number of fused-ring (bicyclic) bond motifs is 1. The van der Waals surface area contributed by atoms with Crippen LogP contribution in [0.4, 0.5) is 4.79 Å². The first-order valence-electron chi connectivity index (χ1n) is 12.9. The highest BCUT2D eigenvalue weighted by Gasteiger charge is 2.51. The minimum Gasteiger partial charge on any atom is -0.337 e. The van der Waals surface area contributed by atoms with Gasteiger partial charge in [-0.3, -0.25) is 9.59 Å². The van der Waals surface area contributed by atoms with Crippen molar-refractivity contribution in [1.82, 2.24) is 25.1 Å². The molecule has 0 spiro atoms. The van der Waals surface area contributed by atoms with Crippen LogP contribution in [0.15, 0.2) is 60.7 Å². The van der Waals surface area contributed by atoms with Gasteiger partial charge in [-0.05, 0) is 23.5 Å². The normalized spacial score (nSPS) is 20.6. The lowest BCUT2D eigenvalue weighted by Gasteiger charge is -2.55. The quantitative estimate of drug-likeness (QED) is 0.264. The minimum absolute atomic E-state index is 0.0656. The fourth-order valence-corrected chi connectivity index (χ4v) is 5.42. The van der Waals surface area contributed by atoms with Gasteiger partial charge in [-0.15, -0.1) is 6.42 Å². The second-order valence-electron chi connectivity index (χ2n) is 9.84. The second kappa shape index (κ2) is 13.1. The molecule has 2 aliphatic rings. The number of carbonyl (C=O) groups is 3. The average Bonchev–Trinajstić information content (AvgIpc) is 2.93. The largest absolute Gasteiger partial charge is 0.337 e. The third kappa shape index (κ3) is 6.48. The monoisotopic (exact) mass is 627 g/mol. The second-order valence-corrected chi connectivity index (χ2v) is 10.7. The van der Waals surface area contributed by atoms with Crippen molar-refractivity contribution >= 4 is 40.4 Å². The topological polar surface area (TPSA) is 76.2 Å². The Morgan fingerprint density at radius 1 is 1.11 bits per heavy atom. The van der Waals surface area contributed by atoms with Crippen LogP contribution in [0.3, 0.4) is 0 Å². The predicted molar refractivity (Wildman–Crippen MR) is 155 cm³/mol. The lowest BCUT2D eigenvalue weighted by atomic mass is 9.98. The highest BCUT2D eigenvalue weighted by molar-refractivity contribution is 14.1. The molecular formula is C29H34IN5O3. The zero-order valence-electron chi connectivity index (χ0n) is 21.6. The summed E-state index contributed by atoms with van der Waals surface area (Å²) in [5.74, 6) is 2.76. The van der Waals surface area contributed by atoms with Gasteiger partial charge in [0.1, 0.15) is 12.2 Å². The van der Waals surface area contributed by atoms with E-state index in [1.54, 1.807) is 14.9 Å². The first-order valence-corrected chi connectivity index (χ1v) is 14.4. The molecule has 4 rings (SSSR count). The molecule has 2 aromatic rings. The summed E-state index contributed by atoms with van der Waals surface area (Å²) in [5, 5.41) is 6.16. The maximum absolute atomic E-state index is 13.8. The van der Waals surface area contributed by atoms with Gasteiger partial charge >= 0.3 is 6.03 Å². The van der Waals surface area contributed by atoms with E-state index < -0.39 is 12.2 Å². The fraction of sp³-hybridized carbons (Fsp3) is 0.414. The smallest absolute Gasteiger partial charge is 0.334 e. The molecule has 8 nitrogen and oxygen atoms in total. The lowest BCUT2D eigenvalue weighted by molar-refractivity contribution is -0.188. The minimum atomic E-state index is -0.698. The number of piperazine rings is 1. The van der Waals surface area contributed by atoms with Crippen LogP contribution in [0.2, 0.25) is 0 Å². The van der Waals surface area contributed by atoms with Gasteiger partial charge in [-0.1, -0.05) is 96.1 Å². The van der Waals surface area contributed by atoms with E-state index in [1.165, 1.54) is 0 Å². The molecule has 38 heavy (non-hydrogen) atoms. The Bertz CT molecular complexity index is 1160. The van der Waals surface area contributed by atoms with Gasteiger partial charge in [0.15, 0.2) is 0 Å². The molecule has 0 bridgehead atoms. The number of hydrazine groups is 1. The van der Waals surface area contributed by atoms with Gasteiger partial charge in [-0.2, -0.15) is 5.01 Å². The highest BCUT2D eigenvalue weighted by Crippen LogP contribution is 2.29. The van der Waals surface area contributed by atoms with Crippen molar-refractivity contribution < 1.29 is 14.4 Å². The Kier molecular flexibility index (Phi) is 9.63. The van der Waals surface area contributed by atoms with Crippen molar-refractivity contribution in [3.05, 3.63) is 71.8 Å². The first-order chi connectivity index (χ1) is 18.4. The van der Waals surface area contributed by atoms with Gasteiger partial charge in [0, 0.05) is 23.9 Å². The van der Waals surface area contributed by atoms with Gasteiger partial charge in [0.25, 0.3) is 0 Å². The number of terminal acetylenes is 1. The maximum atomic E-state index is 13.8. The highest BCUT2D eigenvalue weighted by atomic mass is 127. The van der Waals surface area contributed by atoms with Crippen molar-refractivity contribution in [1.29, 1.82) is 0 Å². The summed E-state index contributed by atoms with van der Waals surface area (Å²) in [4.78, 5) is 44.4. The van der Waals surface area contributed by atoms with Crippen LogP contribution in [0, 0.1) is 18.3 Å². The summed E-state index contributed by atoms with van der Waals surface area (Å²) in [6.45, 7) is 3.35. The predicted octanol–water partition coefficient (Wildman–Crippen LogP) is 3.13. The SMILES string of the molecule is C#CCN1CC(=O)N2[C@@H](Cc3ccccc3)C(=O)N(CCC(C)CI)C[C@@H]2N1C(=O)NCc1ccccc1. The van der Waals surface area contributed by atoms with Crippen molar-refractivity contribution in [2.75, 3.05) is 30.6 Å². The Morgan fingerprint density at radius 2 is 1.76 bits per heavy atom. The number of hydrogen-bond acceptors (Lipinski definition) is 4. The third-order valence-corrected chi connectivity index (χ3v) is 8.53. The number of urea groups is 1. The number of amides is 4. The zero-order chi connectivity index (χ0) is 27.1. The molecule has 200 valence electrons. The Hall–Kier alpha value is -3.10. The van der Waals surface area contributed by atoms with E-state index in [1.807, 2.05) is 65.6 Å². The molecule has 2 heterocycles. The summed E-state index contributed by atoms with van der Waals surface area (Å²) in [7, 11) is 0. The van der Waals surface area contributed by atoms with Gasteiger partial charge in [0.05, 0.1) is 19.6 Å². The molecule has 2 fully saturated rings. The molecule has 3 atom stereocenters. The molecule has 1 N–H and O–H groups in total. The van der Waals surface area contributed by atoms with E-state index in [9.17, 15) is 14.4 Å². The Balaban J connectivity index is 1.65. The van der Waals surface area contributed by atoms with E-state index in [2.05, 4.69) is 40.8 Å². The molecule has 0 radical (unpaired) electrons. The van der Waals surface area contributed by atoms with Crippen molar-refractivity contribution in [3.8, 4) is 12.3 Å². The number of carbonyl (C=O) groups excluding carboxylic acids is 3. The average molecular weight is 628 g/mol. The number of rotatable bonds is 9. The number of benzene rings is 2. The first kappa shape index (κ1) is 27.9. The molecule has 2 aromatic carbocycles. The molecule has 0 aliphatic carbocycles. The molecule has 2 saturated heterocycles. The number of alkyl halides is 1. The van der Waals surface area contributed by atoms with Crippen molar-refractivity contribution in [2.45, 2.75) is 38.5 Å². The fourth-order valence-electron chi connectivity index (χ4n) is 4.98. The van der Waals surface area contributed by atoms with Crippen LogP contribution in [0.1, 0.15) is 24.5 Å². The zero-order valence-corrected chi connectivity index (χ0v) is 23.8. The number of hydrogen-bond donors (Lipinski definition) is 1. The van der Waals surface area contributed by atoms with Crippen molar-refractivity contribution in [2.24, 2.45) is 5.92 Å². The molecule has 9 heteroatoms. The summed E-state index contributed by atoms with van der Waals surface area (Å²) in [6.07, 6.45) is 6.22. The summed E-state index contributed by atoms with van der Waals surface area (Å²) >= 11 is 2.36. The van der Waals surface area contributed by atoms with Crippen LogP contribution < -0.4 is 5.32 Å². The van der Waals surface area contributed by atoms with E-state index in [4.69, 9.17) is 6.42 Å². The van der Waals surface area contributed by atoms with Crippen LogP contribution >= 0.6 is 22.6 Å². The van der Waals surface area contributed by atoms with Crippen LogP contribution in [0.5, 0.6) is 0 Å². The van der Waals surface area contributed by atoms with Gasteiger partial charge in [-0.25, -0.2) is 9.80 Å². The van der Waals surface area contributed by atoms with E-state index in [-0.39, 0.29) is 37.5 Å². The van der Waals surface area contributed by atoms with Gasteiger partial charge < -0.3 is 15.1 Å². The Labute approximate surface area is 238 Å². The standard InChI is InChI=1S/C29H34IN5O3/c1-3-15-33-21-27(36)34-25(17-23-10-6-4-7-11-23)28(37)32(16-14-22(2)18-30)20-26(34)35(33)29(38)31-19-24-12-8-5-9-13-24/h1,4-13,22,25-26H,14-21H2,2H3,(H,31,38)/t22?,25-,26-/m0/s1. The van der Waals surface area contributed by atoms with E-state index >= 15 is 0 Å². The lowest BCUT2D eigenvalue weighted by Crippen LogP contribution is -2.76. The van der Waals surface area contributed by atoms with E-state index in [0.717, 1.165) is 22.0 Å². The third-order valence-electron chi connectivity index (χ3n) is 7.03. The molecular weight excluding hydrogens is 593 g/mol.